The molecule has 3 aliphatic rings. The van der Waals surface area contributed by atoms with Crippen molar-refractivity contribution in [2.75, 3.05) is 5.75 Å². The van der Waals surface area contributed by atoms with E-state index >= 15 is 0 Å². The summed E-state index contributed by atoms with van der Waals surface area (Å²) in [4.78, 5) is 0. The number of hydrogen-bond acceptors (Lipinski definition) is 2. The van der Waals surface area contributed by atoms with Crippen LogP contribution in [0.25, 0.3) is 0 Å². The standard InChI is InChI=1S/C21H24O2S/c22-24(23)14-13-18-7-4-8-20(21(18)15-24)19-11-9-17(10-12-19)16-5-2-1-3-6-16/h1-8,15,17-19H,9-14H2. The van der Waals surface area contributed by atoms with Crippen molar-refractivity contribution < 1.29 is 8.42 Å². The summed E-state index contributed by atoms with van der Waals surface area (Å²) in [6.45, 7) is 0. The Morgan fingerprint density at radius 1 is 0.833 bits per heavy atom. The second kappa shape index (κ2) is 6.36. The van der Waals surface area contributed by atoms with E-state index in [1.165, 1.54) is 24.0 Å². The molecule has 0 bridgehead atoms. The van der Waals surface area contributed by atoms with Gasteiger partial charge in [-0.2, -0.15) is 0 Å². The lowest BCUT2D eigenvalue weighted by Crippen LogP contribution is -2.24. The van der Waals surface area contributed by atoms with E-state index in [9.17, 15) is 8.42 Å². The lowest BCUT2D eigenvalue weighted by atomic mass is 9.71. The quantitative estimate of drug-likeness (QED) is 0.777. The predicted octanol–water partition coefficient (Wildman–Crippen LogP) is 4.78. The van der Waals surface area contributed by atoms with Crippen molar-refractivity contribution in [3.05, 3.63) is 70.7 Å². The summed E-state index contributed by atoms with van der Waals surface area (Å²) in [5.41, 5.74) is 3.81. The summed E-state index contributed by atoms with van der Waals surface area (Å²) in [6, 6.07) is 10.8. The number of sulfone groups is 1. The highest BCUT2D eigenvalue weighted by Gasteiger charge is 2.32. The molecule has 2 nitrogen and oxygen atoms in total. The van der Waals surface area contributed by atoms with Crippen molar-refractivity contribution in [1.82, 2.24) is 0 Å². The Hall–Kier alpha value is -1.61. The van der Waals surface area contributed by atoms with Crippen molar-refractivity contribution in [3.63, 3.8) is 0 Å². The first-order valence-corrected chi connectivity index (χ1v) is 10.7. The predicted molar refractivity (Wildman–Crippen MR) is 98.3 cm³/mol. The maximum absolute atomic E-state index is 12.0. The third kappa shape index (κ3) is 3.14. The lowest BCUT2D eigenvalue weighted by Gasteiger charge is -2.35. The van der Waals surface area contributed by atoms with Crippen LogP contribution in [0.4, 0.5) is 0 Å². The fraction of sp³-hybridized carbons (Fsp3) is 0.429. The van der Waals surface area contributed by atoms with Crippen LogP contribution in [0.1, 0.15) is 43.6 Å². The lowest BCUT2D eigenvalue weighted by molar-refractivity contribution is 0.362. The van der Waals surface area contributed by atoms with Crippen LogP contribution in [0.3, 0.4) is 0 Å². The summed E-state index contributed by atoms with van der Waals surface area (Å²) in [7, 11) is -3.02. The van der Waals surface area contributed by atoms with Crippen LogP contribution in [-0.4, -0.2) is 14.2 Å². The van der Waals surface area contributed by atoms with Gasteiger partial charge in [0.1, 0.15) is 0 Å². The Labute approximate surface area is 144 Å². The van der Waals surface area contributed by atoms with Gasteiger partial charge in [-0.05, 0) is 60.6 Å². The molecule has 1 aromatic rings. The average Bonchev–Trinajstić information content (AvgIpc) is 2.61. The highest BCUT2D eigenvalue weighted by molar-refractivity contribution is 7.94. The Morgan fingerprint density at radius 3 is 2.29 bits per heavy atom. The second-order valence-electron chi connectivity index (χ2n) is 7.30. The summed E-state index contributed by atoms with van der Waals surface area (Å²) in [5.74, 6) is 1.76. The minimum Gasteiger partial charge on any atom is -0.224 e. The van der Waals surface area contributed by atoms with E-state index in [0.29, 0.717) is 23.5 Å². The smallest absolute Gasteiger partial charge is 0.171 e. The van der Waals surface area contributed by atoms with Crippen LogP contribution < -0.4 is 0 Å². The Balaban J connectivity index is 1.52. The van der Waals surface area contributed by atoms with E-state index in [-0.39, 0.29) is 0 Å². The Kier molecular flexibility index (Phi) is 4.21. The maximum Gasteiger partial charge on any atom is 0.171 e. The second-order valence-corrected chi connectivity index (χ2v) is 9.27. The van der Waals surface area contributed by atoms with Gasteiger partial charge in [-0.1, -0.05) is 48.6 Å². The van der Waals surface area contributed by atoms with Crippen LogP contribution in [-0.2, 0) is 9.84 Å². The summed E-state index contributed by atoms with van der Waals surface area (Å²) in [6.07, 6.45) is 11.9. The molecule has 0 radical (unpaired) electrons. The fourth-order valence-electron chi connectivity index (χ4n) is 4.49. The van der Waals surface area contributed by atoms with Crippen molar-refractivity contribution in [3.8, 4) is 0 Å². The van der Waals surface area contributed by atoms with Crippen molar-refractivity contribution in [1.29, 1.82) is 0 Å². The Bertz CT molecular complexity index is 792. The highest BCUT2D eigenvalue weighted by Crippen LogP contribution is 2.44. The first-order chi connectivity index (χ1) is 11.6. The van der Waals surface area contributed by atoms with Gasteiger partial charge in [-0.25, -0.2) is 8.42 Å². The zero-order valence-electron chi connectivity index (χ0n) is 13.9. The summed E-state index contributed by atoms with van der Waals surface area (Å²) in [5, 5.41) is 1.57. The van der Waals surface area contributed by atoms with E-state index in [0.717, 1.165) is 24.8 Å². The van der Waals surface area contributed by atoms with E-state index in [1.807, 2.05) is 0 Å². The van der Waals surface area contributed by atoms with E-state index in [1.54, 1.807) is 5.41 Å². The molecule has 24 heavy (non-hydrogen) atoms. The molecule has 0 spiro atoms. The molecule has 4 rings (SSSR count). The zero-order chi connectivity index (χ0) is 16.6. The first-order valence-electron chi connectivity index (χ1n) is 9.00. The number of rotatable bonds is 2. The summed E-state index contributed by atoms with van der Waals surface area (Å²) >= 11 is 0. The molecule has 1 aromatic carbocycles. The molecular weight excluding hydrogens is 316 g/mol. The molecule has 2 aliphatic carbocycles. The van der Waals surface area contributed by atoms with Gasteiger partial charge < -0.3 is 0 Å². The van der Waals surface area contributed by atoms with Gasteiger partial charge in [0.05, 0.1) is 5.75 Å². The molecule has 0 aromatic heterocycles. The van der Waals surface area contributed by atoms with Gasteiger partial charge in [0, 0.05) is 11.3 Å². The number of hydrogen-bond donors (Lipinski definition) is 0. The minimum absolute atomic E-state index is 0.291. The number of allylic oxidation sites excluding steroid dienone is 5. The van der Waals surface area contributed by atoms with E-state index in [4.69, 9.17) is 0 Å². The molecule has 0 amide bonds. The third-order valence-corrected chi connectivity index (χ3v) is 7.23. The highest BCUT2D eigenvalue weighted by atomic mass is 32.2. The molecule has 0 saturated heterocycles. The fourth-order valence-corrected chi connectivity index (χ4v) is 5.89. The molecule has 1 saturated carbocycles. The topological polar surface area (TPSA) is 34.1 Å². The van der Waals surface area contributed by atoms with Gasteiger partial charge >= 0.3 is 0 Å². The third-order valence-electron chi connectivity index (χ3n) is 5.81. The van der Waals surface area contributed by atoms with E-state index < -0.39 is 9.84 Å². The molecule has 1 atom stereocenters. The monoisotopic (exact) mass is 340 g/mol. The van der Waals surface area contributed by atoms with Crippen LogP contribution in [0.5, 0.6) is 0 Å². The van der Waals surface area contributed by atoms with E-state index in [2.05, 4.69) is 48.6 Å². The molecule has 1 aliphatic heterocycles. The van der Waals surface area contributed by atoms with Gasteiger partial charge in [0.2, 0.25) is 0 Å². The van der Waals surface area contributed by atoms with Gasteiger partial charge in [0.15, 0.2) is 9.84 Å². The average molecular weight is 340 g/mol. The molecule has 1 unspecified atom stereocenters. The van der Waals surface area contributed by atoms with Gasteiger partial charge in [-0.15, -0.1) is 0 Å². The van der Waals surface area contributed by atoms with Gasteiger partial charge in [0.25, 0.3) is 0 Å². The maximum atomic E-state index is 12.0. The minimum atomic E-state index is -3.02. The van der Waals surface area contributed by atoms with Crippen molar-refractivity contribution >= 4 is 9.84 Å². The first kappa shape index (κ1) is 15.9. The van der Waals surface area contributed by atoms with Gasteiger partial charge in [-0.3, -0.25) is 0 Å². The number of fused-ring (bicyclic) bond motifs is 1. The van der Waals surface area contributed by atoms with Crippen molar-refractivity contribution in [2.45, 2.75) is 38.0 Å². The van der Waals surface area contributed by atoms with Crippen LogP contribution in [0, 0.1) is 11.8 Å². The molecule has 1 fully saturated rings. The largest absolute Gasteiger partial charge is 0.224 e. The SMILES string of the molecule is O=S1(=O)C=C2C(C3CCC(c4ccccc4)CC3)=CC=CC2CC1. The zero-order valence-corrected chi connectivity index (χ0v) is 14.7. The van der Waals surface area contributed by atoms with Crippen molar-refractivity contribution in [2.24, 2.45) is 11.8 Å². The summed E-state index contributed by atoms with van der Waals surface area (Å²) < 4.78 is 24.1. The molecule has 0 N–H and O–H groups in total. The molecule has 3 heteroatoms. The number of benzene rings is 1. The van der Waals surface area contributed by atoms with Crippen LogP contribution >= 0.6 is 0 Å². The normalized spacial score (nSPS) is 31.8. The van der Waals surface area contributed by atoms with Crippen LogP contribution in [0.15, 0.2) is 65.1 Å². The Morgan fingerprint density at radius 2 is 1.54 bits per heavy atom. The van der Waals surface area contributed by atoms with Crippen LogP contribution in [0.2, 0.25) is 0 Å². The molecule has 126 valence electrons. The molecular formula is C21H24O2S. The molecule has 1 heterocycles.